The van der Waals surface area contributed by atoms with Crippen LogP contribution in [0.3, 0.4) is 0 Å². The van der Waals surface area contributed by atoms with Crippen molar-refractivity contribution in [1.82, 2.24) is 0 Å². The third-order valence-corrected chi connectivity index (χ3v) is 3.97. The van der Waals surface area contributed by atoms with Crippen LogP contribution >= 0.6 is 34.8 Å². The number of esters is 1. The Morgan fingerprint density at radius 3 is 2.55 bits per heavy atom. The van der Waals surface area contributed by atoms with Crippen LogP contribution in [0.1, 0.15) is 13.3 Å². The molecule has 22 heavy (non-hydrogen) atoms. The average molecular weight is 366 g/mol. The molecule has 2 rings (SSSR count). The molecule has 118 valence electrons. The zero-order chi connectivity index (χ0) is 16.4. The van der Waals surface area contributed by atoms with Crippen LogP contribution in [0.15, 0.2) is 17.2 Å². The summed E-state index contributed by atoms with van der Waals surface area (Å²) in [5, 5.41) is 15.1. The van der Waals surface area contributed by atoms with Crippen LogP contribution in [0.2, 0.25) is 15.1 Å². The molecule has 0 unspecified atom stereocenters. The van der Waals surface area contributed by atoms with E-state index in [-0.39, 0.29) is 39.5 Å². The van der Waals surface area contributed by atoms with Crippen molar-refractivity contribution in [3.63, 3.8) is 0 Å². The van der Waals surface area contributed by atoms with Gasteiger partial charge in [-0.05, 0) is 19.1 Å². The summed E-state index contributed by atoms with van der Waals surface area (Å²) in [7, 11) is 0. The molecule has 0 saturated carbocycles. The van der Waals surface area contributed by atoms with E-state index in [0.29, 0.717) is 0 Å². The maximum Gasteiger partial charge on any atom is 0.354 e. The first-order valence-corrected chi connectivity index (χ1v) is 7.39. The molecule has 0 amide bonds. The summed E-state index contributed by atoms with van der Waals surface area (Å²) < 4.78 is 4.84. The molecule has 6 nitrogen and oxygen atoms in total. The van der Waals surface area contributed by atoms with E-state index in [2.05, 4.69) is 5.10 Å². The highest BCUT2D eigenvalue weighted by Crippen LogP contribution is 2.37. The Bertz CT molecular complexity index is 663. The first kappa shape index (κ1) is 16.9. The van der Waals surface area contributed by atoms with Crippen LogP contribution in [0.25, 0.3) is 0 Å². The lowest BCUT2D eigenvalue weighted by Crippen LogP contribution is -2.34. The van der Waals surface area contributed by atoms with E-state index in [1.165, 1.54) is 12.1 Å². The number of ether oxygens (including phenoxy) is 1. The van der Waals surface area contributed by atoms with Crippen LogP contribution in [0.4, 0.5) is 5.69 Å². The Labute approximate surface area is 141 Å². The Morgan fingerprint density at radius 2 is 1.95 bits per heavy atom. The fourth-order valence-corrected chi connectivity index (χ4v) is 2.58. The number of benzene rings is 1. The van der Waals surface area contributed by atoms with Crippen molar-refractivity contribution in [2.24, 2.45) is 5.10 Å². The largest absolute Gasteiger partial charge is 0.480 e. The standard InChI is InChI=1S/C13H11Cl3N2O4/c1-2-22-13(21)9-5-11(12(19)20)18(17-9)10-4-7(15)6(14)3-8(10)16/h3-4,11H,2,5H2,1H3,(H,19,20)/t11-/m0/s1. The molecule has 0 saturated heterocycles. The number of rotatable bonds is 4. The lowest BCUT2D eigenvalue weighted by atomic mass is 10.1. The van der Waals surface area contributed by atoms with Crippen LogP contribution < -0.4 is 5.01 Å². The summed E-state index contributed by atoms with van der Waals surface area (Å²) in [6.07, 6.45) is -0.0925. The summed E-state index contributed by atoms with van der Waals surface area (Å²) in [6, 6.07) is 1.71. The second-order valence-electron chi connectivity index (χ2n) is 4.39. The van der Waals surface area contributed by atoms with E-state index in [9.17, 15) is 14.7 Å². The molecule has 1 aliphatic rings. The Balaban J connectivity index is 2.43. The van der Waals surface area contributed by atoms with Crippen LogP contribution in [-0.4, -0.2) is 35.4 Å². The third-order valence-electron chi connectivity index (χ3n) is 2.94. The number of hydrogen-bond acceptors (Lipinski definition) is 5. The quantitative estimate of drug-likeness (QED) is 0.654. The maximum atomic E-state index is 11.7. The van der Waals surface area contributed by atoms with Crippen molar-refractivity contribution in [1.29, 1.82) is 0 Å². The fraction of sp³-hybridized carbons (Fsp3) is 0.308. The minimum Gasteiger partial charge on any atom is -0.480 e. The van der Waals surface area contributed by atoms with Gasteiger partial charge in [0.25, 0.3) is 0 Å². The summed E-state index contributed by atoms with van der Waals surface area (Å²) >= 11 is 17.9. The van der Waals surface area contributed by atoms with Gasteiger partial charge in [-0.2, -0.15) is 5.10 Å². The molecule has 0 aliphatic carbocycles. The Kier molecular flexibility index (Phi) is 5.16. The maximum absolute atomic E-state index is 11.7. The number of carbonyl (C=O) groups is 2. The summed E-state index contributed by atoms with van der Waals surface area (Å²) in [5.74, 6) is -1.81. The van der Waals surface area contributed by atoms with Crippen LogP contribution in [-0.2, 0) is 14.3 Å². The molecule has 1 aromatic carbocycles. The highest BCUT2D eigenvalue weighted by Gasteiger charge is 2.37. The smallest absolute Gasteiger partial charge is 0.354 e. The topological polar surface area (TPSA) is 79.2 Å². The van der Waals surface area contributed by atoms with Crippen molar-refractivity contribution in [2.45, 2.75) is 19.4 Å². The van der Waals surface area contributed by atoms with Gasteiger partial charge in [0.05, 0.1) is 27.4 Å². The van der Waals surface area contributed by atoms with Gasteiger partial charge in [-0.15, -0.1) is 0 Å². The molecular formula is C13H11Cl3N2O4. The number of carboxylic acid groups (broad SMARTS) is 1. The van der Waals surface area contributed by atoms with E-state index < -0.39 is 18.0 Å². The molecule has 1 aliphatic heterocycles. The van der Waals surface area contributed by atoms with Gasteiger partial charge in [-0.25, -0.2) is 14.6 Å². The molecule has 0 fully saturated rings. The van der Waals surface area contributed by atoms with Crippen LogP contribution in [0, 0.1) is 0 Å². The number of halogens is 3. The molecule has 1 atom stereocenters. The third kappa shape index (κ3) is 3.29. The summed E-state index contributed by atoms with van der Waals surface area (Å²) in [4.78, 5) is 23.1. The second kappa shape index (κ2) is 6.73. The lowest BCUT2D eigenvalue weighted by molar-refractivity contribution is -0.138. The minimum absolute atomic E-state index is 0.0105. The number of hydrazone groups is 1. The molecule has 0 spiro atoms. The van der Waals surface area contributed by atoms with Gasteiger partial charge < -0.3 is 9.84 Å². The monoisotopic (exact) mass is 364 g/mol. The second-order valence-corrected chi connectivity index (χ2v) is 5.61. The highest BCUT2D eigenvalue weighted by atomic mass is 35.5. The van der Waals surface area contributed by atoms with E-state index in [0.717, 1.165) is 5.01 Å². The average Bonchev–Trinajstić information content (AvgIpc) is 2.88. The summed E-state index contributed by atoms with van der Waals surface area (Å²) in [6.45, 7) is 1.82. The number of carbonyl (C=O) groups excluding carboxylic acids is 1. The van der Waals surface area contributed by atoms with E-state index in [4.69, 9.17) is 39.5 Å². The molecule has 0 radical (unpaired) electrons. The molecule has 0 aromatic heterocycles. The van der Waals surface area contributed by atoms with Crippen LogP contribution in [0.5, 0.6) is 0 Å². The Hall–Kier alpha value is -1.50. The molecule has 1 heterocycles. The minimum atomic E-state index is -1.15. The van der Waals surface area contributed by atoms with Gasteiger partial charge in [0.2, 0.25) is 0 Å². The van der Waals surface area contributed by atoms with Crippen molar-refractivity contribution < 1.29 is 19.4 Å². The van der Waals surface area contributed by atoms with Crippen molar-refractivity contribution >= 4 is 58.1 Å². The molecule has 0 bridgehead atoms. The van der Waals surface area contributed by atoms with E-state index in [1.807, 2.05) is 0 Å². The number of carboxylic acids is 1. The van der Waals surface area contributed by atoms with Crippen molar-refractivity contribution in [3.8, 4) is 0 Å². The molecular weight excluding hydrogens is 355 g/mol. The predicted molar refractivity (Wildman–Crippen MR) is 84.1 cm³/mol. The predicted octanol–water partition coefficient (Wildman–Crippen LogP) is 3.23. The molecule has 9 heteroatoms. The Morgan fingerprint density at radius 1 is 1.32 bits per heavy atom. The highest BCUT2D eigenvalue weighted by molar-refractivity contribution is 6.44. The van der Waals surface area contributed by atoms with E-state index >= 15 is 0 Å². The van der Waals surface area contributed by atoms with Crippen molar-refractivity contribution in [3.05, 3.63) is 27.2 Å². The zero-order valence-corrected chi connectivity index (χ0v) is 13.6. The van der Waals surface area contributed by atoms with Gasteiger partial charge in [0, 0.05) is 6.42 Å². The summed E-state index contributed by atoms with van der Waals surface area (Å²) in [5.41, 5.74) is 0.263. The van der Waals surface area contributed by atoms with Crippen molar-refractivity contribution in [2.75, 3.05) is 11.6 Å². The van der Waals surface area contributed by atoms with Gasteiger partial charge in [-0.1, -0.05) is 34.8 Å². The number of aliphatic carboxylic acids is 1. The van der Waals surface area contributed by atoms with Gasteiger partial charge in [-0.3, -0.25) is 0 Å². The zero-order valence-electron chi connectivity index (χ0n) is 11.3. The number of nitrogens with zero attached hydrogens (tertiary/aromatic N) is 2. The van der Waals surface area contributed by atoms with E-state index in [1.54, 1.807) is 6.92 Å². The molecule has 1 N–H and O–H groups in total. The van der Waals surface area contributed by atoms with Gasteiger partial charge >= 0.3 is 11.9 Å². The lowest BCUT2D eigenvalue weighted by Gasteiger charge is -2.21. The normalized spacial score (nSPS) is 17.4. The van der Waals surface area contributed by atoms with Gasteiger partial charge in [0.1, 0.15) is 5.71 Å². The first-order valence-electron chi connectivity index (χ1n) is 6.26. The van der Waals surface area contributed by atoms with Gasteiger partial charge in [0.15, 0.2) is 6.04 Å². The SMILES string of the molecule is CCOC(=O)C1=NN(c2cc(Cl)c(Cl)cc2Cl)[C@H](C(=O)O)C1. The molecule has 1 aromatic rings. The number of anilines is 1. The first-order chi connectivity index (χ1) is 10.3. The number of hydrogen-bond donors (Lipinski definition) is 1. The fourth-order valence-electron chi connectivity index (χ4n) is 1.95.